The van der Waals surface area contributed by atoms with Gasteiger partial charge in [-0.1, -0.05) is 36.4 Å². The number of imidazole rings is 1. The van der Waals surface area contributed by atoms with Crippen molar-refractivity contribution in [3.8, 4) is 22.4 Å². The van der Waals surface area contributed by atoms with E-state index in [0.29, 0.717) is 29.9 Å². The number of carbonyl (C=O) groups is 1. The van der Waals surface area contributed by atoms with Crippen molar-refractivity contribution in [3.05, 3.63) is 83.4 Å². The van der Waals surface area contributed by atoms with Crippen LogP contribution in [0.5, 0.6) is 0 Å². The number of rotatable bonds is 3. The summed E-state index contributed by atoms with van der Waals surface area (Å²) in [6.07, 6.45) is 1.89. The summed E-state index contributed by atoms with van der Waals surface area (Å²) in [5.74, 6) is -0.221. The Hall–Kier alpha value is -3.55. The maximum atomic E-state index is 14.8. The average Bonchev–Trinajstić information content (AvgIpc) is 3.21. The van der Waals surface area contributed by atoms with E-state index in [4.69, 9.17) is 10.1 Å². The zero-order chi connectivity index (χ0) is 24.2. The number of benzene rings is 2. The van der Waals surface area contributed by atoms with E-state index in [2.05, 4.69) is 5.32 Å². The Morgan fingerprint density at radius 1 is 0.971 bits per heavy atom. The number of aryl methyl sites for hydroxylation is 2. The first-order valence-electron chi connectivity index (χ1n) is 11.3. The van der Waals surface area contributed by atoms with Crippen molar-refractivity contribution in [2.45, 2.75) is 13.8 Å². The van der Waals surface area contributed by atoms with Crippen molar-refractivity contribution in [2.24, 2.45) is 0 Å². The Labute approximate surface area is 198 Å². The highest BCUT2D eigenvalue weighted by atomic mass is 19.1. The van der Waals surface area contributed by atoms with E-state index in [9.17, 15) is 9.18 Å². The summed E-state index contributed by atoms with van der Waals surface area (Å²) in [5.41, 5.74) is 6.17. The van der Waals surface area contributed by atoms with Gasteiger partial charge in [0.25, 0.3) is 5.91 Å². The molecule has 4 aromatic rings. The van der Waals surface area contributed by atoms with E-state index in [1.54, 1.807) is 6.07 Å². The molecule has 0 unspecified atom stereocenters. The summed E-state index contributed by atoms with van der Waals surface area (Å²) in [6, 6.07) is 16.7. The van der Waals surface area contributed by atoms with Crippen LogP contribution in [0.2, 0.25) is 0 Å². The van der Waals surface area contributed by atoms with Crippen molar-refractivity contribution in [1.29, 1.82) is 0 Å². The molecular formula is C27H29FN4O2. The van der Waals surface area contributed by atoms with Gasteiger partial charge in [0.05, 0.1) is 5.69 Å². The molecular weight excluding hydrogens is 431 g/mol. The molecule has 34 heavy (non-hydrogen) atoms. The third-order valence-corrected chi connectivity index (χ3v) is 6.11. The summed E-state index contributed by atoms with van der Waals surface area (Å²) in [6.45, 7) is 6.91. The molecule has 1 aliphatic heterocycles. The molecule has 7 heteroatoms. The fourth-order valence-electron chi connectivity index (χ4n) is 4.37. The first-order valence-corrected chi connectivity index (χ1v) is 11.3. The van der Waals surface area contributed by atoms with Crippen LogP contribution in [0, 0.1) is 19.7 Å². The number of aromatic nitrogens is 2. The predicted octanol–water partition coefficient (Wildman–Crippen LogP) is 4.08. The van der Waals surface area contributed by atoms with Gasteiger partial charge in [-0.2, -0.15) is 0 Å². The quantitative estimate of drug-likeness (QED) is 0.484. The second-order valence-electron chi connectivity index (χ2n) is 8.26. The summed E-state index contributed by atoms with van der Waals surface area (Å²) in [7, 11) is 1.00. The number of pyridine rings is 1. The maximum Gasteiger partial charge on any atom is 0.254 e. The number of carbonyl (C=O) groups excluding carboxylic acids is 1. The number of aliphatic hydroxyl groups is 1. The minimum atomic E-state index is -0.247. The van der Waals surface area contributed by atoms with Gasteiger partial charge in [0.15, 0.2) is 0 Å². The molecule has 176 valence electrons. The van der Waals surface area contributed by atoms with Crippen molar-refractivity contribution in [1.82, 2.24) is 19.6 Å². The van der Waals surface area contributed by atoms with Crippen LogP contribution in [0.15, 0.2) is 60.8 Å². The largest absolute Gasteiger partial charge is 0.400 e. The highest BCUT2D eigenvalue weighted by Gasteiger charge is 2.20. The van der Waals surface area contributed by atoms with Crippen LogP contribution < -0.4 is 5.32 Å². The molecule has 2 aromatic heterocycles. The smallest absolute Gasteiger partial charge is 0.254 e. The fraction of sp³-hybridized carbons (Fsp3) is 0.259. The Kier molecular flexibility index (Phi) is 7.05. The zero-order valence-corrected chi connectivity index (χ0v) is 19.7. The highest BCUT2D eigenvalue weighted by Crippen LogP contribution is 2.35. The summed E-state index contributed by atoms with van der Waals surface area (Å²) >= 11 is 0. The summed E-state index contributed by atoms with van der Waals surface area (Å²) in [5, 5.41) is 10.3. The number of piperazine rings is 1. The predicted molar refractivity (Wildman–Crippen MR) is 132 cm³/mol. The molecule has 1 amide bonds. The van der Waals surface area contributed by atoms with Crippen molar-refractivity contribution in [2.75, 3.05) is 33.3 Å². The first kappa shape index (κ1) is 23.6. The third-order valence-electron chi connectivity index (χ3n) is 6.11. The highest BCUT2D eigenvalue weighted by molar-refractivity contribution is 5.95. The monoisotopic (exact) mass is 460 g/mol. The van der Waals surface area contributed by atoms with Crippen LogP contribution >= 0.6 is 0 Å². The normalized spacial score (nSPS) is 13.5. The Bertz CT molecular complexity index is 1330. The second-order valence-corrected chi connectivity index (χ2v) is 8.26. The number of halogens is 1. The average molecular weight is 461 g/mol. The van der Waals surface area contributed by atoms with E-state index in [1.165, 1.54) is 0 Å². The van der Waals surface area contributed by atoms with Gasteiger partial charge in [-0.3, -0.25) is 4.79 Å². The van der Waals surface area contributed by atoms with Crippen LogP contribution in [-0.2, 0) is 0 Å². The minimum absolute atomic E-state index is 0.0262. The molecule has 5 rings (SSSR count). The molecule has 1 saturated heterocycles. The molecule has 0 aliphatic carbocycles. The van der Waals surface area contributed by atoms with Crippen molar-refractivity contribution >= 4 is 11.6 Å². The van der Waals surface area contributed by atoms with Gasteiger partial charge in [0.2, 0.25) is 0 Å². The first-order chi connectivity index (χ1) is 16.5. The second kappa shape index (κ2) is 10.2. The summed E-state index contributed by atoms with van der Waals surface area (Å²) < 4.78 is 16.8. The number of aliphatic hydroxyl groups excluding tert-OH is 1. The number of fused-ring (bicyclic) bond motifs is 1. The van der Waals surface area contributed by atoms with Crippen LogP contribution in [0.25, 0.3) is 28.0 Å². The lowest BCUT2D eigenvalue weighted by molar-refractivity contribution is 0.0736. The SMILES string of the molecule is CO.Cc1ccc(-c2ccccc2-c2nc3cc(C(=O)N4CCNCC4)ccn3c2C)c(F)c1. The van der Waals surface area contributed by atoms with Gasteiger partial charge in [-0.15, -0.1) is 0 Å². The Balaban J connectivity index is 0.00000133. The molecule has 0 saturated carbocycles. The van der Waals surface area contributed by atoms with E-state index in [1.807, 2.05) is 77.9 Å². The summed E-state index contributed by atoms with van der Waals surface area (Å²) in [4.78, 5) is 19.7. The fourth-order valence-corrected chi connectivity index (χ4v) is 4.37. The number of nitrogens with zero attached hydrogens (tertiary/aromatic N) is 3. The topological polar surface area (TPSA) is 69.9 Å². The molecule has 0 radical (unpaired) electrons. The van der Waals surface area contributed by atoms with Crippen molar-refractivity contribution in [3.63, 3.8) is 0 Å². The van der Waals surface area contributed by atoms with Gasteiger partial charge in [0, 0.05) is 61.9 Å². The van der Waals surface area contributed by atoms with Crippen LogP contribution in [-0.4, -0.2) is 58.6 Å². The van der Waals surface area contributed by atoms with E-state index < -0.39 is 0 Å². The molecule has 3 heterocycles. The van der Waals surface area contributed by atoms with Gasteiger partial charge in [-0.05, 0) is 43.2 Å². The maximum absolute atomic E-state index is 14.8. The van der Waals surface area contributed by atoms with E-state index in [0.717, 1.165) is 48.3 Å². The Morgan fingerprint density at radius 3 is 2.38 bits per heavy atom. The number of amides is 1. The Morgan fingerprint density at radius 2 is 1.68 bits per heavy atom. The van der Waals surface area contributed by atoms with Crippen molar-refractivity contribution < 1.29 is 14.3 Å². The lowest BCUT2D eigenvalue weighted by Crippen LogP contribution is -2.46. The van der Waals surface area contributed by atoms with Gasteiger partial charge in [-0.25, -0.2) is 9.37 Å². The van der Waals surface area contributed by atoms with Crippen LogP contribution in [0.1, 0.15) is 21.6 Å². The standard InChI is InChI=1S/C26H25FN4O.CH4O/c1-17-7-8-21(23(27)15-17)20-5-3-4-6-22(20)25-18(2)31-12-9-19(16-24(31)29-25)26(32)30-13-10-28-11-14-30;1-2/h3-9,12,15-16,28H,10-11,13-14H2,1-2H3;2H,1H3. The molecule has 2 N–H and O–H groups in total. The van der Waals surface area contributed by atoms with E-state index >= 15 is 0 Å². The van der Waals surface area contributed by atoms with Crippen LogP contribution in [0.4, 0.5) is 4.39 Å². The molecule has 1 fully saturated rings. The lowest BCUT2D eigenvalue weighted by atomic mass is 9.96. The molecule has 0 spiro atoms. The molecule has 2 aromatic carbocycles. The van der Waals surface area contributed by atoms with Crippen LogP contribution in [0.3, 0.4) is 0 Å². The van der Waals surface area contributed by atoms with Gasteiger partial charge in [0.1, 0.15) is 11.5 Å². The molecule has 0 bridgehead atoms. The zero-order valence-electron chi connectivity index (χ0n) is 19.7. The third kappa shape index (κ3) is 4.44. The van der Waals surface area contributed by atoms with E-state index in [-0.39, 0.29) is 11.7 Å². The molecule has 6 nitrogen and oxygen atoms in total. The molecule has 0 atom stereocenters. The number of hydrogen-bond acceptors (Lipinski definition) is 4. The molecule has 1 aliphatic rings. The number of hydrogen-bond donors (Lipinski definition) is 2. The van der Waals surface area contributed by atoms with Gasteiger partial charge < -0.3 is 19.7 Å². The minimum Gasteiger partial charge on any atom is -0.400 e. The lowest BCUT2D eigenvalue weighted by Gasteiger charge is -2.27. The van der Waals surface area contributed by atoms with Gasteiger partial charge >= 0.3 is 0 Å². The number of nitrogens with one attached hydrogen (secondary N) is 1.